The highest BCUT2D eigenvalue weighted by molar-refractivity contribution is 6.31. The molecule has 3 aromatic rings. The predicted molar refractivity (Wildman–Crippen MR) is 105 cm³/mol. The van der Waals surface area contributed by atoms with Gasteiger partial charge in [0.15, 0.2) is 0 Å². The van der Waals surface area contributed by atoms with Crippen molar-refractivity contribution in [2.75, 3.05) is 36.5 Å². The number of anilines is 2. The van der Waals surface area contributed by atoms with Gasteiger partial charge in [-0.2, -0.15) is 0 Å². The molecule has 0 radical (unpaired) electrons. The summed E-state index contributed by atoms with van der Waals surface area (Å²) in [5, 5.41) is 4.64. The van der Waals surface area contributed by atoms with Crippen LogP contribution in [0.15, 0.2) is 48.7 Å². The molecular weight excluding hydrogens is 350 g/mol. The number of hydrogen-bond acceptors (Lipinski definition) is 3. The first-order valence-electron chi connectivity index (χ1n) is 8.67. The molecular formula is C20H20ClN3O2. The summed E-state index contributed by atoms with van der Waals surface area (Å²) >= 11 is 6.08. The van der Waals surface area contributed by atoms with Crippen LogP contribution in [-0.2, 0) is 16.0 Å². The first kappa shape index (κ1) is 16.9. The second-order valence-electron chi connectivity index (χ2n) is 6.38. The highest BCUT2D eigenvalue weighted by atomic mass is 35.5. The average Bonchev–Trinajstić information content (AvgIpc) is 3.04. The van der Waals surface area contributed by atoms with E-state index in [1.165, 1.54) is 0 Å². The minimum atomic E-state index is -0.0509. The molecule has 0 atom stereocenters. The Balaban J connectivity index is 1.46. The molecule has 0 aliphatic carbocycles. The van der Waals surface area contributed by atoms with E-state index in [1.807, 2.05) is 42.6 Å². The van der Waals surface area contributed by atoms with Crippen molar-refractivity contribution in [3.05, 3.63) is 59.2 Å². The van der Waals surface area contributed by atoms with Gasteiger partial charge in [-0.15, -0.1) is 0 Å². The van der Waals surface area contributed by atoms with Gasteiger partial charge in [-0.25, -0.2) is 0 Å². The number of rotatable bonds is 4. The maximum Gasteiger partial charge on any atom is 0.228 e. The predicted octanol–water partition coefficient (Wildman–Crippen LogP) is 3.84. The molecule has 2 heterocycles. The molecule has 1 saturated heterocycles. The summed E-state index contributed by atoms with van der Waals surface area (Å²) in [6.07, 6.45) is 2.16. The topological polar surface area (TPSA) is 57.4 Å². The molecule has 0 unspecified atom stereocenters. The molecule has 0 bridgehead atoms. The maximum atomic E-state index is 12.5. The van der Waals surface area contributed by atoms with Crippen molar-refractivity contribution < 1.29 is 9.53 Å². The highest BCUT2D eigenvalue weighted by Gasteiger charge is 2.13. The number of H-pyrrole nitrogens is 1. The van der Waals surface area contributed by atoms with Gasteiger partial charge < -0.3 is 19.9 Å². The molecule has 5 nitrogen and oxygen atoms in total. The van der Waals surface area contributed by atoms with Gasteiger partial charge in [-0.3, -0.25) is 4.79 Å². The van der Waals surface area contributed by atoms with Gasteiger partial charge in [0.1, 0.15) is 0 Å². The number of aromatic amines is 1. The lowest BCUT2D eigenvalue weighted by atomic mass is 10.1. The summed E-state index contributed by atoms with van der Waals surface area (Å²) < 4.78 is 5.39. The van der Waals surface area contributed by atoms with Crippen LogP contribution in [0.3, 0.4) is 0 Å². The first-order chi connectivity index (χ1) is 12.7. The van der Waals surface area contributed by atoms with E-state index in [1.54, 1.807) is 0 Å². The van der Waals surface area contributed by atoms with Crippen LogP contribution in [0.4, 0.5) is 11.4 Å². The molecule has 1 aliphatic heterocycles. The van der Waals surface area contributed by atoms with E-state index in [2.05, 4.69) is 21.3 Å². The molecule has 1 amide bonds. The van der Waals surface area contributed by atoms with Crippen LogP contribution in [-0.4, -0.2) is 37.2 Å². The normalized spacial score (nSPS) is 14.6. The largest absolute Gasteiger partial charge is 0.378 e. The molecule has 6 heteroatoms. The Morgan fingerprint density at radius 1 is 1.19 bits per heavy atom. The van der Waals surface area contributed by atoms with E-state index in [-0.39, 0.29) is 5.91 Å². The number of morpholine rings is 1. The Kier molecular flexibility index (Phi) is 4.82. The number of ether oxygens (including phenoxy) is 1. The van der Waals surface area contributed by atoms with Gasteiger partial charge in [0.2, 0.25) is 5.91 Å². The summed E-state index contributed by atoms with van der Waals surface area (Å²) in [4.78, 5) is 17.9. The number of carbonyl (C=O) groups is 1. The number of amides is 1. The number of carbonyl (C=O) groups excluding carboxylic acids is 1. The van der Waals surface area contributed by atoms with Gasteiger partial charge in [-0.1, -0.05) is 17.7 Å². The monoisotopic (exact) mass is 369 g/mol. The summed E-state index contributed by atoms with van der Waals surface area (Å²) in [6, 6.07) is 13.6. The lowest BCUT2D eigenvalue weighted by Gasteiger charge is -2.29. The lowest BCUT2D eigenvalue weighted by molar-refractivity contribution is -0.115. The van der Waals surface area contributed by atoms with Crippen molar-refractivity contribution in [2.24, 2.45) is 0 Å². The first-order valence-corrected chi connectivity index (χ1v) is 9.05. The van der Waals surface area contributed by atoms with Crippen LogP contribution in [0.5, 0.6) is 0 Å². The molecule has 26 heavy (non-hydrogen) atoms. The Morgan fingerprint density at radius 2 is 2.04 bits per heavy atom. The van der Waals surface area contributed by atoms with Gasteiger partial charge >= 0.3 is 0 Å². The number of halogens is 1. The number of hydrogen-bond donors (Lipinski definition) is 2. The molecule has 0 saturated carbocycles. The van der Waals surface area contributed by atoms with Crippen LogP contribution in [0.25, 0.3) is 10.9 Å². The number of aromatic nitrogens is 1. The third-order valence-corrected chi connectivity index (χ3v) is 4.82. The number of nitrogens with zero attached hydrogens (tertiary/aromatic N) is 1. The zero-order valence-corrected chi connectivity index (χ0v) is 15.1. The Hall–Kier alpha value is -2.50. The fourth-order valence-corrected chi connectivity index (χ4v) is 3.45. The van der Waals surface area contributed by atoms with Crippen LogP contribution in [0, 0.1) is 0 Å². The van der Waals surface area contributed by atoms with E-state index >= 15 is 0 Å². The molecule has 4 rings (SSSR count). The minimum Gasteiger partial charge on any atom is -0.378 e. The summed E-state index contributed by atoms with van der Waals surface area (Å²) in [5.41, 5.74) is 3.82. The van der Waals surface area contributed by atoms with Crippen molar-refractivity contribution in [2.45, 2.75) is 6.42 Å². The molecule has 1 aliphatic rings. The summed E-state index contributed by atoms with van der Waals surface area (Å²) in [6.45, 7) is 3.21. The third-order valence-electron chi connectivity index (χ3n) is 4.59. The zero-order valence-electron chi connectivity index (χ0n) is 14.3. The van der Waals surface area contributed by atoms with Crippen LogP contribution in [0.1, 0.15) is 5.56 Å². The molecule has 1 aromatic heterocycles. The molecule has 2 aromatic carbocycles. The highest BCUT2D eigenvalue weighted by Crippen LogP contribution is 2.24. The van der Waals surface area contributed by atoms with E-state index in [9.17, 15) is 4.79 Å². The van der Waals surface area contributed by atoms with Crippen LogP contribution < -0.4 is 10.2 Å². The Morgan fingerprint density at radius 3 is 2.88 bits per heavy atom. The van der Waals surface area contributed by atoms with E-state index < -0.39 is 0 Å². The fraction of sp³-hybridized carbons (Fsp3) is 0.250. The maximum absolute atomic E-state index is 12.5. The minimum absolute atomic E-state index is 0.0509. The SMILES string of the molecule is O=C(Cc1c[nH]c2ccc(Cl)cc12)Nc1cccc(N2CCOCC2)c1. The van der Waals surface area contributed by atoms with Crippen molar-refractivity contribution in [1.29, 1.82) is 0 Å². The van der Waals surface area contributed by atoms with Gasteiger partial charge in [0, 0.05) is 46.6 Å². The molecule has 1 fully saturated rings. The average molecular weight is 370 g/mol. The van der Waals surface area contributed by atoms with E-state index in [4.69, 9.17) is 16.3 Å². The van der Waals surface area contributed by atoms with Crippen molar-refractivity contribution in [3.8, 4) is 0 Å². The standard InChI is InChI=1S/C20H20ClN3O2/c21-15-4-5-19-18(11-15)14(13-22-19)10-20(25)23-16-2-1-3-17(12-16)24-6-8-26-9-7-24/h1-5,11-13,22H,6-10H2,(H,23,25). The fourth-order valence-electron chi connectivity index (χ4n) is 3.28. The quantitative estimate of drug-likeness (QED) is 0.734. The van der Waals surface area contributed by atoms with Gasteiger partial charge in [-0.05, 0) is 42.0 Å². The van der Waals surface area contributed by atoms with E-state index in [0.29, 0.717) is 11.4 Å². The Labute approximate surface area is 156 Å². The van der Waals surface area contributed by atoms with Crippen molar-refractivity contribution >= 4 is 39.8 Å². The Bertz CT molecular complexity index is 932. The summed E-state index contributed by atoms with van der Waals surface area (Å²) in [5.74, 6) is -0.0509. The van der Waals surface area contributed by atoms with Crippen molar-refractivity contribution in [3.63, 3.8) is 0 Å². The summed E-state index contributed by atoms with van der Waals surface area (Å²) in [7, 11) is 0. The van der Waals surface area contributed by atoms with Crippen LogP contribution >= 0.6 is 11.6 Å². The molecule has 134 valence electrons. The number of fused-ring (bicyclic) bond motifs is 1. The number of nitrogens with one attached hydrogen (secondary N) is 2. The second-order valence-corrected chi connectivity index (χ2v) is 6.81. The lowest BCUT2D eigenvalue weighted by Crippen LogP contribution is -2.36. The van der Waals surface area contributed by atoms with Crippen molar-refractivity contribution in [1.82, 2.24) is 4.98 Å². The molecule has 2 N–H and O–H groups in total. The third kappa shape index (κ3) is 3.69. The number of benzene rings is 2. The molecule has 0 spiro atoms. The zero-order chi connectivity index (χ0) is 17.9. The van der Waals surface area contributed by atoms with Crippen LogP contribution in [0.2, 0.25) is 5.02 Å². The second kappa shape index (κ2) is 7.40. The van der Waals surface area contributed by atoms with Gasteiger partial charge in [0.25, 0.3) is 0 Å². The smallest absolute Gasteiger partial charge is 0.228 e. The van der Waals surface area contributed by atoms with Gasteiger partial charge in [0.05, 0.1) is 19.6 Å². The van der Waals surface area contributed by atoms with E-state index in [0.717, 1.165) is 54.1 Å².